The van der Waals surface area contributed by atoms with E-state index < -0.39 is 0 Å². The van der Waals surface area contributed by atoms with E-state index in [1.807, 2.05) is 19.1 Å². The molecule has 0 aliphatic carbocycles. The fourth-order valence-electron chi connectivity index (χ4n) is 1.45. The van der Waals surface area contributed by atoms with Crippen molar-refractivity contribution in [2.45, 2.75) is 26.2 Å². The van der Waals surface area contributed by atoms with Crippen molar-refractivity contribution < 1.29 is 4.79 Å². The Morgan fingerprint density at radius 1 is 1.50 bits per heavy atom. The first-order valence-electron chi connectivity index (χ1n) is 4.66. The summed E-state index contributed by atoms with van der Waals surface area (Å²) in [6, 6.07) is 3.71. The zero-order chi connectivity index (χ0) is 10.6. The van der Waals surface area contributed by atoms with Crippen LogP contribution in [0.4, 0.5) is 0 Å². The van der Waals surface area contributed by atoms with Crippen LogP contribution < -0.4 is 0 Å². The predicted octanol–water partition coefficient (Wildman–Crippen LogP) is 2.18. The van der Waals surface area contributed by atoms with Gasteiger partial charge in [-0.2, -0.15) is 0 Å². The normalized spacial score (nSPS) is 12.1. The molecule has 0 fully saturated rings. The summed E-state index contributed by atoms with van der Waals surface area (Å²) in [4.78, 5) is 15.0. The summed E-state index contributed by atoms with van der Waals surface area (Å²) < 4.78 is 0. The van der Waals surface area contributed by atoms with Crippen molar-refractivity contribution in [3.8, 4) is 0 Å². The van der Waals surface area contributed by atoms with Gasteiger partial charge in [-0.15, -0.1) is 0 Å². The van der Waals surface area contributed by atoms with Gasteiger partial charge >= 0.3 is 0 Å². The Morgan fingerprint density at radius 2 is 2.07 bits per heavy atom. The molecule has 0 radical (unpaired) electrons. The average molecular weight is 190 g/mol. The third-order valence-corrected chi connectivity index (χ3v) is 2.24. The fraction of sp³-hybridized carbons (Fsp3) is 0.364. The molecule has 0 saturated heterocycles. The van der Waals surface area contributed by atoms with Crippen LogP contribution in [0.3, 0.4) is 0 Å². The minimum absolute atomic E-state index is 0.0875. The summed E-state index contributed by atoms with van der Waals surface area (Å²) in [6.45, 7) is 3.41. The van der Waals surface area contributed by atoms with Gasteiger partial charge < -0.3 is 5.41 Å². The minimum Gasteiger partial charge on any atom is -0.301 e. The van der Waals surface area contributed by atoms with Gasteiger partial charge in [0.2, 0.25) is 0 Å². The van der Waals surface area contributed by atoms with E-state index in [1.54, 1.807) is 12.4 Å². The van der Waals surface area contributed by atoms with Crippen molar-refractivity contribution in [1.82, 2.24) is 4.98 Å². The van der Waals surface area contributed by atoms with Crippen LogP contribution in [0.5, 0.6) is 0 Å². The number of ketones is 1. The van der Waals surface area contributed by atoms with Crippen molar-refractivity contribution in [2.24, 2.45) is 0 Å². The van der Waals surface area contributed by atoms with E-state index in [-0.39, 0.29) is 17.4 Å². The van der Waals surface area contributed by atoms with Crippen molar-refractivity contribution in [3.63, 3.8) is 0 Å². The molecule has 74 valence electrons. The summed E-state index contributed by atoms with van der Waals surface area (Å²) in [5.74, 6) is -0.246. The smallest absolute Gasteiger partial charge is 0.173 e. The molecule has 0 saturated carbocycles. The number of nitrogens with one attached hydrogen (secondary N) is 1. The predicted molar refractivity (Wildman–Crippen MR) is 55.7 cm³/mol. The third-order valence-electron chi connectivity index (χ3n) is 2.24. The second-order valence-corrected chi connectivity index (χ2v) is 3.21. The first kappa shape index (κ1) is 10.6. The Kier molecular flexibility index (Phi) is 3.51. The highest BCUT2D eigenvalue weighted by Crippen LogP contribution is 2.20. The Hall–Kier alpha value is -1.51. The molecule has 0 aromatic carbocycles. The summed E-state index contributed by atoms with van der Waals surface area (Å²) in [7, 11) is 0. The SMILES string of the molecule is CCC(C(=N)C(C)=O)c1ccncc1. The zero-order valence-corrected chi connectivity index (χ0v) is 8.45. The molecule has 0 bridgehead atoms. The summed E-state index contributed by atoms with van der Waals surface area (Å²) in [6.07, 6.45) is 4.14. The minimum atomic E-state index is -0.159. The highest BCUT2D eigenvalue weighted by Gasteiger charge is 2.17. The Bertz CT molecular complexity index is 332. The number of hydrogen-bond acceptors (Lipinski definition) is 3. The lowest BCUT2D eigenvalue weighted by molar-refractivity contribution is -0.111. The van der Waals surface area contributed by atoms with Crippen molar-refractivity contribution in [3.05, 3.63) is 30.1 Å². The van der Waals surface area contributed by atoms with Gasteiger partial charge in [-0.05, 0) is 24.1 Å². The van der Waals surface area contributed by atoms with Crippen LogP contribution in [-0.4, -0.2) is 16.5 Å². The quantitative estimate of drug-likeness (QED) is 0.740. The van der Waals surface area contributed by atoms with Gasteiger partial charge in [0, 0.05) is 25.2 Å². The number of pyridine rings is 1. The van der Waals surface area contributed by atoms with Crippen LogP contribution in [0.1, 0.15) is 31.7 Å². The van der Waals surface area contributed by atoms with E-state index in [4.69, 9.17) is 5.41 Å². The second kappa shape index (κ2) is 4.65. The van der Waals surface area contributed by atoms with E-state index in [2.05, 4.69) is 4.98 Å². The molecule has 1 unspecified atom stereocenters. The largest absolute Gasteiger partial charge is 0.301 e. The number of hydrogen-bond donors (Lipinski definition) is 1. The molecule has 0 spiro atoms. The summed E-state index contributed by atoms with van der Waals surface area (Å²) in [5, 5.41) is 7.67. The van der Waals surface area contributed by atoms with Gasteiger partial charge in [-0.1, -0.05) is 6.92 Å². The maximum absolute atomic E-state index is 11.1. The molecule has 1 N–H and O–H groups in total. The van der Waals surface area contributed by atoms with Crippen LogP contribution in [-0.2, 0) is 4.79 Å². The molecule has 0 aliphatic rings. The molecule has 3 nitrogen and oxygen atoms in total. The lowest BCUT2D eigenvalue weighted by Gasteiger charge is -2.13. The molecule has 1 heterocycles. The van der Waals surface area contributed by atoms with E-state index >= 15 is 0 Å². The van der Waals surface area contributed by atoms with E-state index in [1.165, 1.54) is 6.92 Å². The lowest BCUT2D eigenvalue weighted by atomic mass is 9.91. The van der Waals surface area contributed by atoms with Crippen molar-refractivity contribution in [2.75, 3.05) is 0 Å². The van der Waals surface area contributed by atoms with Gasteiger partial charge in [-0.25, -0.2) is 0 Å². The van der Waals surface area contributed by atoms with Crippen LogP contribution >= 0.6 is 0 Å². The highest BCUT2D eigenvalue weighted by molar-refractivity contribution is 6.39. The first-order chi connectivity index (χ1) is 6.66. The zero-order valence-electron chi connectivity index (χ0n) is 8.45. The number of Topliss-reactive ketones (excluding diaryl/α,β-unsaturated/α-hetero) is 1. The van der Waals surface area contributed by atoms with Crippen LogP contribution in [0.15, 0.2) is 24.5 Å². The first-order valence-corrected chi connectivity index (χ1v) is 4.66. The lowest BCUT2D eigenvalue weighted by Crippen LogP contribution is -2.18. The number of carbonyl (C=O) groups is 1. The Labute approximate surface area is 83.7 Å². The van der Waals surface area contributed by atoms with Gasteiger partial charge in [0.15, 0.2) is 5.78 Å². The molecule has 0 aliphatic heterocycles. The molecule has 1 aromatic heterocycles. The van der Waals surface area contributed by atoms with Crippen LogP contribution in [0.2, 0.25) is 0 Å². The average Bonchev–Trinajstić information content (AvgIpc) is 2.20. The van der Waals surface area contributed by atoms with Gasteiger partial charge in [0.25, 0.3) is 0 Å². The number of aromatic nitrogens is 1. The van der Waals surface area contributed by atoms with E-state index in [9.17, 15) is 4.79 Å². The molecule has 1 aromatic rings. The highest BCUT2D eigenvalue weighted by atomic mass is 16.1. The fourth-order valence-corrected chi connectivity index (χ4v) is 1.45. The van der Waals surface area contributed by atoms with Crippen LogP contribution in [0.25, 0.3) is 0 Å². The molecular formula is C11H14N2O. The van der Waals surface area contributed by atoms with Crippen molar-refractivity contribution in [1.29, 1.82) is 5.41 Å². The molecule has 1 atom stereocenters. The number of rotatable bonds is 4. The molecule has 3 heteroatoms. The Morgan fingerprint density at radius 3 is 2.50 bits per heavy atom. The van der Waals surface area contributed by atoms with Gasteiger partial charge in [-0.3, -0.25) is 9.78 Å². The summed E-state index contributed by atoms with van der Waals surface area (Å²) in [5.41, 5.74) is 1.17. The van der Waals surface area contributed by atoms with Gasteiger partial charge in [0.1, 0.15) is 0 Å². The second-order valence-electron chi connectivity index (χ2n) is 3.21. The molecular weight excluding hydrogens is 176 g/mol. The molecule has 14 heavy (non-hydrogen) atoms. The van der Waals surface area contributed by atoms with E-state index in [0.717, 1.165) is 12.0 Å². The van der Waals surface area contributed by atoms with E-state index in [0.29, 0.717) is 0 Å². The maximum atomic E-state index is 11.1. The number of carbonyl (C=O) groups excluding carboxylic acids is 1. The number of nitrogens with zero attached hydrogens (tertiary/aromatic N) is 1. The standard InChI is InChI=1S/C11H14N2O/c1-3-10(11(12)8(2)14)9-4-6-13-7-5-9/h4-7,10,12H,3H2,1-2H3. The maximum Gasteiger partial charge on any atom is 0.173 e. The molecule has 0 amide bonds. The monoisotopic (exact) mass is 190 g/mol. The van der Waals surface area contributed by atoms with Gasteiger partial charge in [0.05, 0.1) is 5.71 Å². The third kappa shape index (κ3) is 2.25. The van der Waals surface area contributed by atoms with Crippen molar-refractivity contribution >= 4 is 11.5 Å². The summed E-state index contributed by atoms with van der Waals surface area (Å²) >= 11 is 0. The Balaban J connectivity index is 2.93. The van der Waals surface area contributed by atoms with Crippen LogP contribution in [0, 0.1) is 5.41 Å². The molecule has 1 rings (SSSR count). The topological polar surface area (TPSA) is 53.8 Å².